The summed E-state index contributed by atoms with van der Waals surface area (Å²) in [5, 5.41) is 18.8. The molecule has 1 N–H and O–H groups in total. The molecule has 2 aliphatic rings. The number of carbonyl (C=O) groups is 1. The van der Waals surface area contributed by atoms with Gasteiger partial charge in [-0.25, -0.2) is 0 Å². The van der Waals surface area contributed by atoms with E-state index in [1.54, 1.807) is 39.9 Å². The van der Waals surface area contributed by atoms with Crippen molar-refractivity contribution in [3.8, 4) is 28.8 Å². The zero-order valence-electron chi connectivity index (χ0n) is 24.0. The van der Waals surface area contributed by atoms with Crippen LogP contribution in [-0.2, 0) is 11.3 Å². The Bertz CT molecular complexity index is 1740. The molecule has 2 radical (unpaired) electrons. The second-order valence-electron chi connectivity index (χ2n) is 11.6. The molecule has 1 aliphatic carbocycles. The average molecular weight is 640 g/mol. The van der Waals surface area contributed by atoms with E-state index in [9.17, 15) is 10.1 Å². The van der Waals surface area contributed by atoms with E-state index in [0.29, 0.717) is 57.4 Å². The van der Waals surface area contributed by atoms with Crippen molar-refractivity contribution in [1.29, 1.82) is 5.26 Å². The van der Waals surface area contributed by atoms with E-state index >= 15 is 4.39 Å². The van der Waals surface area contributed by atoms with Crippen molar-refractivity contribution in [3.63, 3.8) is 0 Å². The Hall–Kier alpha value is -4.06. The van der Waals surface area contributed by atoms with Crippen molar-refractivity contribution in [2.45, 2.75) is 63.7 Å². The number of amides is 1. The first kappa shape index (κ1) is 29.0. The number of nitriles is 1. The number of hydrogen-bond donors (Lipinski definition) is 1. The second kappa shape index (κ2) is 11.9. The van der Waals surface area contributed by atoms with Crippen molar-refractivity contribution in [2.75, 3.05) is 6.54 Å². The Labute approximate surface area is 258 Å². The minimum atomic E-state index is -0.486. The van der Waals surface area contributed by atoms with Crippen LogP contribution in [-0.4, -0.2) is 71.6 Å². The van der Waals surface area contributed by atoms with Crippen LogP contribution in [0.5, 0.6) is 11.5 Å². The Morgan fingerprint density at radius 3 is 2.70 bits per heavy atom. The van der Waals surface area contributed by atoms with E-state index in [1.165, 1.54) is 12.4 Å². The molecule has 0 spiro atoms. The molecular formula is C32H31AsFN7O2. The van der Waals surface area contributed by atoms with E-state index in [1.807, 2.05) is 32.0 Å². The first-order valence-corrected chi connectivity index (χ1v) is 15.3. The van der Waals surface area contributed by atoms with Gasteiger partial charge < -0.3 is 0 Å². The first-order valence-electron chi connectivity index (χ1n) is 14.4. The number of fused-ring (bicyclic) bond motifs is 1. The van der Waals surface area contributed by atoms with Gasteiger partial charge in [-0.3, -0.25) is 0 Å². The molecule has 2 aromatic heterocycles. The number of para-hydroxylation sites is 1. The maximum atomic E-state index is 15.6. The molecule has 1 saturated carbocycles. The number of ether oxygens (including phenoxy) is 1. The van der Waals surface area contributed by atoms with Gasteiger partial charge in [-0.2, -0.15) is 0 Å². The van der Waals surface area contributed by atoms with Crippen molar-refractivity contribution in [2.24, 2.45) is 0 Å². The van der Waals surface area contributed by atoms with Crippen LogP contribution < -0.4 is 14.5 Å². The van der Waals surface area contributed by atoms with Crippen LogP contribution in [0.2, 0.25) is 0 Å². The number of rotatable bonds is 9. The number of nitrogens with one attached hydrogen (secondary N) is 1. The van der Waals surface area contributed by atoms with Crippen molar-refractivity contribution < 1.29 is 13.9 Å². The molecule has 2 fully saturated rings. The summed E-state index contributed by atoms with van der Waals surface area (Å²) in [6, 6.07) is 16.3. The molecule has 6 rings (SSSR count). The standard InChI is InChI=1S/C32H31AsFN7O2/c1-32(2,38-21-10-11-21)16-20(17-35)31(42)40-14-6-7-22(40)18-41-30-27(29(33)36-19-37-30)28(39-41)25-13-12-24(15-26(25)34)43-23-8-4-3-5-9-23/h3-5,8-9,12-13,15-16,19,21-22,38H,6-7,10-11,14,18H2,1-2H3/b20-16-/t22-/m0/s1. The van der Waals surface area contributed by atoms with Gasteiger partial charge >= 0.3 is 240 Å². The average Bonchev–Trinajstić information content (AvgIpc) is 3.52. The summed E-state index contributed by atoms with van der Waals surface area (Å²) in [6.07, 6.45) is 6.98. The van der Waals surface area contributed by atoms with Gasteiger partial charge in [0.2, 0.25) is 0 Å². The van der Waals surface area contributed by atoms with Crippen LogP contribution in [0.15, 0.2) is 66.5 Å². The molecular weight excluding hydrogens is 608 g/mol. The van der Waals surface area contributed by atoms with E-state index in [-0.39, 0.29) is 17.5 Å². The number of likely N-dealkylation sites (tertiary alicyclic amines) is 1. The quantitative estimate of drug-likeness (QED) is 0.166. The maximum absolute atomic E-state index is 15.6. The van der Waals surface area contributed by atoms with Gasteiger partial charge in [0.05, 0.1) is 0 Å². The second-order valence-corrected chi connectivity index (χ2v) is 12.5. The molecule has 0 bridgehead atoms. The molecule has 1 atom stereocenters. The fourth-order valence-electron chi connectivity index (χ4n) is 5.63. The molecule has 3 heterocycles. The Morgan fingerprint density at radius 2 is 1.98 bits per heavy atom. The number of carbonyl (C=O) groups excluding carboxylic acids is 1. The summed E-state index contributed by atoms with van der Waals surface area (Å²) in [4.78, 5) is 24.2. The number of nitrogens with zero attached hydrogens (tertiary/aromatic N) is 6. The van der Waals surface area contributed by atoms with Gasteiger partial charge in [0.1, 0.15) is 0 Å². The van der Waals surface area contributed by atoms with Crippen molar-refractivity contribution >= 4 is 38.3 Å². The molecule has 2 aromatic carbocycles. The van der Waals surface area contributed by atoms with Gasteiger partial charge in [-0.05, 0) is 12.8 Å². The predicted octanol–water partition coefficient (Wildman–Crippen LogP) is 4.19. The fraction of sp³-hybridized carbons (Fsp3) is 0.344. The van der Waals surface area contributed by atoms with Crippen LogP contribution >= 0.6 is 0 Å². The summed E-state index contributed by atoms with van der Waals surface area (Å²) >= 11 is 2.40. The van der Waals surface area contributed by atoms with Gasteiger partial charge in [0, 0.05) is 6.04 Å². The SMILES string of the molecule is CC(C)(/C=C(/C#N)C(=O)N1CCC[C@H]1Cn1nc(-c2ccc(Oc3ccccc3)cc2F)c2c([As])ncnc21)NC1CC1. The first-order chi connectivity index (χ1) is 20.7. The van der Waals surface area contributed by atoms with E-state index < -0.39 is 11.4 Å². The molecule has 43 heavy (non-hydrogen) atoms. The smallest absolute Gasteiger partial charge is 0.0363 e. The summed E-state index contributed by atoms with van der Waals surface area (Å²) in [6.45, 7) is 4.86. The van der Waals surface area contributed by atoms with Gasteiger partial charge in [0.15, 0.2) is 0 Å². The number of halogens is 1. The third-order valence-electron chi connectivity index (χ3n) is 7.72. The Morgan fingerprint density at radius 1 is 1.19 bits per heavy atom. The van der Waals surface area contributed by atoms with Crippen LogP contribution in [0.3, 0.4) is 0 Å². The molecule has 1 saturated heterocycles. The topological polar surface area (TPSA) is 109 Å². The Balaban J connectivity index is 1.28. The molecule has 1 aliphatic heterocycles. The van der Waals surface area contributed by atoms with Gasteiger partial charge in [0.25, 0.3) is 0 Å². The minimum Gasteiger partial charge on any atom is -0.0363 e. The van der Waals surface area contributed by atoms with Gasteiger partial charge in [-0.1, -0.05) is 0 Å². The zero-order valence-corrected chi connectivity index (χ0v) is 25.9. The molecule has 1 amide bonds. The predicted molar refractivity (Wildman–Crippen MR) is 161 cm³/mol. The summed E-state index contributed by atoms with van der Waals surface area (Å²) in [5.41, 5.74) is 0.922. The van der Waals surface area contributed by atoms with E-state index in [4.69, 9.17) is 9.84 Å². The summed E-state index contributed by atoms with van der Waals surface area (Å²) in [5.74, 6) is 0.213. The van der Waals surface area contributed by atoms with E-state index in [0.717, 1.165) is 25.7 Å². The van der Waals surface area contributed by atoms with Gasteiger partial charge in [-0.15, -0.1) is 0 Å². The van der Waals surface area contributed by atoms with Crippen molar-refractivity contribution in [3.05, 3.63) is 72.3 Å². The van der Waals surface area contributed by atoms with Crippen molar-refractivity contribution in [1.82, 2.24) is 30.0 Å². The third-order valence-corrected chi connectivity index (χ3v) is 8.43. The molecule has 0 unspecified atom stereocenters. The number of hydrogen-bond acceptors (Lipinski definition) is 7. The molecule has 218 valence electrons. The minimum absolute atomic E-state index is 0.131. The monoisotopic (exact) mass is 639 g/mol. The summed E-state index contributed by atoms with van der Waals surface area (Å²) in [7, 11) is 0. The number of aromatic nitrogens is 4. The molecule has 11 heteroatoms. The van der Waals surface area contributed by atoms with Crippen LogP contribution in [0.25, 0.3) is 22.3 Å². The Kier molecular flexibility index (Phi) is 8.04. The van der Waals surface area contributed by atoms with Crippen LogP contribution in [0.4, 0.5) is 4.39 Å². The zero-order chi connectivity index (χ0) is 30.1. The number of benzene rings is 2. The summed E-state index contributed by atoms with van der Waals surface area (Å²) < 4.78 is 23.7. The molecule has 4 aromatic rings. The molecule has 9 nitrogen and oxygen atoms in total. The van der Waals surface area contributed by atoms with Crippen LogP contribution in [0.1, 0.15) is 39.5 Å². The third kappa shape index (κ3) is 6.34. The van der Waals surface area contributed by atoms with Crippen LogP contribution in [0, 0.1) is 17.1 Å². The fourth-order valence-corrected chi connectivity index (χ4v) is 6.17. The van der Waals surface area contributed by atoms with E-state index in [2.05, 4.69) is 38.2 Å². The normalized spacial score (nSPS) is 17.3.